The second-order valence-corrected chi connectivity index (χ2v) is 4.35. The highest BCUT2D eigenvalue weighted by molar-refractivity contribution is 6.44. The van der Waals surface area contributed by atoms with E-state index in [9.17, 15) is 0 Å². The van der Waals surface area contributed by atoms with E-state index in [1.807, 2.05) is 0 Å². The highest BCUT2D eigenvalue weighted by Crippen LogP contribution is 2.32. The van der Waals surface area contributed by atoms with Gasteiger partial charge in [0.15, 0.2) is 0 Å². The average Bonchev–Trinajstić information content (AvgIpc) is 2.06. The van der Waals surface area contributed by atoms with Gasteiger partial charge in [0.1, 0.15) is 0 Å². The molecule has 0 aliphatic carbocycles. The third-order valence-electron chi connectivity index (χ3n) is 2.01. The van der Waals surface area contributed by atoms with Crippen molar-refractivity contribution in [2.45, 2.75) is 6.04 Å². The average molecular weight is 253 g/mol. The second-order valence-electron chi connectivity index (χ2n) is 3.12. The van der Waals surface area contributed by atoms with Crippen molar-refractivity contribution in [2.75, 3.05) is 18.5 Å². The first-order valence-electron chi connectivity index (χ1n) is 4.15. The fraction of sp³-hybridized carbons (Fsp3) is 0.333. The lowest BCUT2D eigenvalue weighted by atomic mass is 10.2. The summed E-state index contributed by atoms with van der Waals surface area (Å²) in [6, 6.07) is 3.68. The standard InChI is InChI=1S/C9H8Cl3NO/c10-6-1-8(12)9(2-7(6)11)13-5-3-14-4-5/h1-2,5,13H,3-4H2. The van der Waals surface area contributed by atoms with Gasteiger partial charge in [-0.3, -0.25) is 0 Å². The van der Waals surface area contributed by atoms with E-state index in [1.165, 1.54) is 0 Å². The highest BCUT2D eigenvalue weighted by Gasteiger charge is 2.19. The zero-order valence-corrected chi connectivity index (χ0v) is 9.46. The first-order valence-corrected chi connectivity index (χ1v) is 5.29. The van der Waals surface area contributed by atoms with E-state index < -0.39 is 0 Å². The summed E-state index contributed by atoms with van der Waals surface area (Å²) in [7, 11) is 0. The minimum atomic E-state index is 0.324. The number of halogens is 3. The van der Waals surface area contributed by atoms with Gasteiger partial charge in [0.2, 0.25) is 0 Å². The summed E-state index contributed by atoms with van der Waals surface area (Å²) in [6.07, 6.45) is 0. The number of rotatable bonds is 2. The molecule has 2 nitrogen and oxygen atoms in total. The zero-order valence-electron chi connectivity index (χ0n) is 7.19. The van der Waals surface area contributed by atoms with Gasteiger partial charge in [0, 0.05) is 0 Å². The Bertz CT molecular complexity index is 352. The Hall–Kier alpha value is -0.150. The number of ether oxygens (including phenoxy) is 1. The number of benzene rings is 1. The maximum Gasteiger partial charge on any atom is 0.0729 e. The Labute approximate surface area is 97.1 Å². The third kappa shape index (κ3) is 2.09. The molecule has 0 unspecified atom stereocenters. The van der Waals surface area contributed by atoms with E-state index in [2.05, 4.69) is 5.32 Å². The van der Waals surface area contributed by atoms with Crippen LogP contribution in [0, 0.1) is 0 Å². The molecule has 2 rings (SSSR count). The monoisotopic (exact) mass is 251 g/mol. The maximum atomic E-state index is 5.98. The molecular weight excluding hydrogens is 244 g/mol. The lowest BCUT2D eigenvalue weighted by molar-refractivity contribution is 0.0211. The second kappa shape index (κ2) is 4.15. The van der Waals surface area contributed by atoms with Gasteiger partial charge >= 0.3 is 0 Å². The molecule has 1 fully saturated rings. The van der Waals surface area contributed by atoms with Gasteiger partial charge in [0.25, 0.3) is 0 Å². The Morgan fingerprint density at radius 2 is 1.71 bits per heavy atom. The molecule has 0 amide bonds. The van der Waals surface area contributed by atoms with Crippen molar-refractivity contribution in [1.82, 2.24) is 0 Å². The van der Waals surface area contributed by atoms with E-state index in [0.717, 1.165) is 5.69 Å². The van der Waals surface area contributed by atoms with Crippen LogP contribution in [0.4, 0.5) is 5.69 Å². The van der Waals surface area contributed by atoms with Crippen molar-refractivity contribution < 1.29 is 4.74 Å². The molecule has 0 atom stereocenters. The van der Waals surface area contributed by atoms with Crippen LogP contribution in [0.1, 0.15) is 0 Å². The molecule has 0 radical (unpaired) electrons. The third-order valence-corrected chi connectivity index (χ3v) is 3.04. The number of hydrogen-bond donors (Lipinski definition) is 1. The largest absolute Gasteiger partial charge is 0.377 e. The van der Waals surface area contributed by atoms with Gasteiger partial charge in [-0.1, -0.05) is 34.8 Å². The van der Waals surface area contributed by atoms with Gasteiger partial charge in [-0.25, -0.2) is 0 Å². The summed E-state index contributed by atoms with van der Waals surface area (Å²) in [4.78, 5) is 0. The molecule has 0 spiro atoms. The van der Waals surface area contributed by atoms with Crippen LogP contribution in [-0.2, 0) is 4.74 Å². The molecule has 1 aromatic rings. The molecule has 0 saturated carbocycles. The van der Waals surface area contributed by atoms with E-state index in [1.54, 1.807) is 12.1 Å². The normalized spacial score (nSPS) is 16.5. The van der Waals surface area contributed by atoms with Crippen LogP contribution >= 0.6 is 34.8 Å². The molecule has 5 heteroatoms. The molecule has 76 valence electrons. The number of nitrogens with one attached hydrogen (secondary N) is 1. The van der Waals surface area contributed by atoms with Gasteiger partial charge in [-0.05, 0) is 12.1 Å². The summed E-state index contributed by atoms with van der Waals surface area (Å²) >= 11 is 17.7. The predicted octanol–water partition coefficient (Wildman–Crippen LogP) is 3.46. The fourth-order valence-corrected chi connectivity index (χ4v) is 1.77. The van der Waals surface area contributed by atoms with Crippen LogP contribution in [0.5, 0.6) is 0 Å². The molecule has 14 heavy (non-hydrogen) atoms. The summed E-state index contributed by atoms with van der Waals surface area (Å²) in [5.41, 5.74) is 0.800. The Morgan fingerprint density at radius 1 is 1.07 bits per heavy atom. The molecule has 1 aromatic carbocycles. The number of anilines is 1. The Kier molecular flexibility index (Phi) is 3.07. The van der Waals surface area contributed by atoms with E-state index in [4.69, 9.17) is 39.5 Å². The summed E-state index contributed by atoms with van der Waals surface area (Å²) in [5.74, 6) is 0. The van der Waals surface area contributed by atoms with Crippen molar-refractivity contribution in [3.63, 3.8) is 0 Å². The molecular formula is C9H8Cl3NO. The molecule has 1 heterocycles. The quantitative estimate of drug-likeness (QED) is 0.814. The molecule has 0 aromatic heterocycles. The first kappa shape index (κ1) is 10.4. The topological polar surface area (TPSA) is 21.3 Å². The van der Waals surface area contributed by atoms with E-state index >= 15 is 0 Å². The van der Waals surface area contributed by atoms with Crippen LogP contribution < -0.4 is 5.32 Å². The van der Waals surface area contributed by atoms with E-state index in [0.29, 0.717) is 34.3 Å². The van der Waals surface area contributed by atoms with Crippen molar-refractivity contribution in [3.8, 4) is 0 Å². The van der Waals surface area contributed by atoms with Gasteiger partial charge in [0.05, 0.1) is 40.0 Å². The van der Waals surface area contributed by atoms with Crippen LogP contribution in [0.3, 0.4) is 0 Å². The highest BCUT2D eigenvalue weighted by atomic mass is 35.5. The van der Waals surface area contributed by atoms with Crippen LogP contribution in [0.2, 0.25) is 15.1 Å². The smallest absolute Gasteiger partial charge is 0.0729 e. The summed E-state index contributed by atoms with van der Waals surface area (Å²) < 4.78 is 5.04. The fourth-order valence-electron chi connectivity index (χ4n) is 1.17. The lowest BCUT2D eigenvalue weighted by Gasteiger charge is -2.28. The molecule has 0 bridgehead atoms. The minimum Gasteiger partial charge on any atom is -0.377 e. The first-order chi connectivity index (χ1) is 6.66. The van der Waals surface area contributed by atoms with Crippen LogP contribution in [-0.4, -0.2) is 19.3 Å². The zero-order chi connectivity index (χ0) is 10.1. The van der Waals surface area contributed by atoms with Crippen molar-refractivity contribution in [1.29, 1.82) is 0 Å². The van der Waals surface area contributed by atoms with Crippen molar-refractivity contribution in [3.05, 3.63) is 27.2 Å². The Balaban J connectivity index is 2.19. The van der Waals surface area contributed by atoms with Gasteiger partial charge in [-0.2, -0.15) is 0 Å². The minimum absolute atomic E-state index is 0.324. The van der Waals surface area contributed by atoms with Crippen LogP contribution in [0.15, 0.2) is 12.1 Å². The molecule has 1 aliphatic heterocycles. The van der Waals surface area contributed by atoms with Gasteiger partial charge in [-0.15, -0.1) is 0 Å². The predicted molar refractivity (Wildman–Crippen MR) is 59.7 cm³/mol. The Morgan fingerprint density at radius 3 is 2.29 bits per heavy atom. The van der Waals surface area contributed by atoms with Crippen molar-refractivity contribution >= 4 is 40.5 Å². The SMILES string of the molecule is Clc1cc(Cl)c(NC2COC2)cc1Cl. The molecule has 1 N–H and O–H groups in total. The van der Waals surface area contributed by atoms with E-state index in [-0.39, 0.29) is 0 Å². The lowest BCUT2D eigenvalue weighted by Crippen LogP contribution is -2.40. The molecule has 1 aliphatic rings. The van der Waals surface area contributed by atoms with Crippen LogP contribution in [0.25, 0.3) is 0 Å². The maximum absolute atomic E-state index is 5.98. The van der Waals surface area contributed by atoms with Crippen molar-refractivity contribution in [2.24, 2.45) is 0 Å². The summed E-state index contributed by atoms with van der Waals surface area (Å²) in [5, 5.41) is 4.75. The van der Waals surface area contributed by atoms with Gasteiger partial charge < -0.3 is 10.1 Å². The molecule has 1 saturated heterocycles. The number of hydrogen-bond acceptors (Lipinski definition) is 2. The summed E-state index contributed by atoms with van der Waals surface area (Å²) in [6.45, 7) is 1.41.